The van der Waals surface area contributed by atoms with Crippen molar-refractivity contribution in [1.82, 2.24) is 4.90 Å². The minimum atomic E-state index is 0.397. The second-order valence-electron chi connectivity index (χ2n) is 6.55. The number of nitrogens with two attached hydrogens (primary N) is 1. The molecule has 0 spiro atoms. The average Bonchev–Trinajstić information content (AvgIpc) is 2.55. The molecule has 1 aliphatic carbocycles. The van der Waals surface area contributed by atoms with Crippen molar-refractivity contribution in [3.8, 4) is 0 Å². The summed E-state index contributed by atoms with van der Waals surface area (Å²) in [6.07, 6.45) is 6.51. The number of piperidine rings is 1. The van der Waals surface area contributed by atoms with Gasteiger partial charge in [0.05, 0.1) is 6.10 Å². The molecule has 3 heteroatoms. The van der Waals surface area contributed by atoms with Gasteiger partial charge in [0.2, 0.25) is 0 Å². The van der Waals surface area contributed by atoms with Gasteiger partial charge in [-0.1, -0.05) is 24.3 Å². The van der Waals surface area contributed by atoms with E-state index in [4.69, 9.17) is 10.5 Å². The molecule has 1 fully saturated rings. The highest BCUT2D eigenvalue weighted by Crippen LogP contribution is 2.33. The summed E-state index contributed by atoms with van der Waals surface area (Å²) in [5.41, 5.74) is 9.15. The number of hydrogen-bond donors (Lipinski definition) is 1. The van der Waals surface area contributed by atoms with Crippen molar-refractivity contribution in [1.29, 1.82) is 0 Å². The zero-order valence-electron chi connectivity index (χ0n) is 13.1. The van der Waals surface area contributed by atoms with Gasteiger partial charge in [-0.05, 0) is 49.1 Å². The lowest BCUT2D eigenvalue weighted by Gasteiger charge is -2.41. The van der Waals surface area contributed by atoms with Gasteiger partial charge < -0.3 is 10.5 Å². The van der Waals surface area contributed by atoms with Gasteiger partial charge in [0.25, 0.3) is 0 Å². The average molecular weight is 288 g/mol. The zero-order chi connectivity index (χ0) is 14.7. The number of methoxy groups -OCH3 is 1. The molecule has 3 rings (SSSR count). The van der Waals surface area contributed by atoms with E-state index in [-0.39, 0.29) is 0 Å². The maximum absolute atomic E-state index is 6.01. The molecule has 1 aliphatic heterocycles. The lowest BCUT2D eigenvalue weighted by Crippen LogP contribution is -2.50. The van der Waals surface area contributed by atoms with Crippen LogP contribution in [0.2, 0.25) is 0 Å². The largest absolute Gasteiger partial charge is 0.381 e. The Hall–Kier alpha value is -0.900. The second kappa shape index (κ2) is 6.91. The standard InChI is InChI=1S/C18H28N2O/c1-21-17-9-10-20(16(11-17)12-19)13-15-7-4-6-14-5-2-3-8-18(14)15/h2-3,5,8,15-17H,4,6-7,9-13,19H2,1H3. The second-order valence-corrected chi connectivity index (χ2v) is 6.55. The molecule has 116 valence electrons. The molecular formula is C18H28N2O. The van der Waals surface area contributed by atoms with E-state index in [0.717, 1.165) is 32.5 Å². The molecular weight excluding hydrogens is 260 g/mol. The molecule has 1 aromatic carbocycles. The number of ether oxygens (including phenoxy) is 1. The Morgan fingerprint density at radius 2 is 2.14 bits per heavy atom. The number of fused-ring (bicyclic) bond motifs is 1. The maximum atomic E-state index is 6.01. The van der Waals surface area contributed by atoms with Gasteiger partial charge in [0.15, 0.2) is 0 Å². The lowest BCUT2D eigenvalue weighted by molar-refractivity contribution is 0.0106. The molecule has 1 saturated heterocycles. The van der Waals surface area contributed by atoms with E-state index in [1.54, 1.807) is 11.1 Å². The van der Waals surface area contributed by atoms with Gasteiger partial charge in [-0.15, -0.1) is 0 Å². The van der Waals surface area contributed by atoms with E-state index < -0.39 is 0 Å². The highest BCUT2D eigenvalue weighted by molar-refractivity contribution is 5.32. The topological polar surface area (TPSA) is 38.5 Å². The van der Waals surface area contributed by atoms with Crippen LogP contribution < -0.4 is 5.73 Å². The van der Waals surface area contributed by atoms with Crippen molar-refractivity contribution in [2.75, 3.05) is 26.7 Å². The van der Waals surface area contributed by atoms with E-state index in [9.17, 15) is 0 Å². The molecule has 1 aromatic rings. The van der Waals surface area contributed by atoms with Crippen LogP contribution in [-0.4, -0.2) is 43.8 Å². The maximum Gasteiger partial charge on any atom is 0.0599 e. The Morgan fingerprint density at radius 3 is 2.95 bits per heavy atom. The van der Waals surface area contributed by atoms with Crippen molar-refractivity contribution >= 4 is 0 Å². The van der Waals surface area contributed by atoms with Crippen LogP contribution in [0, 0.1) is 0 Å². The van der Waals surface area contributed by atoms with E-state index in [0.29, 0.717) is 18.1 Å². The number of likely N-dealkylation sites (tertiary alicyclic amines) is 1. The van der Waals surface area contributed by atoms with Crippen LogP contribution in [0.1, 0.15) is 42.7 Å². The number of benzene rings is 1. The number of hydrogen-bond acceptors (Lipinski definition) is 3. The van der Waals surface area contributed by atoms with Crippen molar-refractivity contribution in [3.05, 3.63) is 35.4 Å². The normalized spacial score (nSPS) is 30.1. The van der Waals surface area contributed by atoms with Gasteiger partial charge in [0, 0.05) is 32.8 Å². The molecule has 0 amide bonds. The van der Waals surface area contributed by atoms with Gasteiger partial charge >= 0.3 is 0 Å². The van der Waals surface area contributed by atoms with Crippen molar-refractivity contribution in [2.45, 2.75) is 50.2 Å². The fraction of sp³-hybridized carbons (Fsp3) is 0.667. The summed E-state index contributed by atoms with van der Waals surface area (Å²) in [6.45, 7) is 3.03. The summed E-state index contributed by atoms with van der Waals surface area (Å²) in [4.78, 5) is 2.61. The summed E-state index contributed by atoms with van der Waals surface area (Å²) < 4.78 is 5.54. The quantitative estimate of drug-likeness (QED) is 0.925. The van der Waals surface area contributed by atoms with Crippen LogP contribution >= 0.6 is 0 Å². The van der Waals surface area contributed by atoms with Crippen molar-refractivity contribution < 1.29 is 4.74 Å². The van der Waals surface area contributed by atoms with E-state index in [1.807, 2.05) is 7.11 Å². The molecule has 2 aliphatic rings. The third kappa shape index (κ3) is 3.31. The number of aryl methyl sites for hydroxylation is 1. The Labute approximate surface area is 128 Å². The van der Waals surface area contributed by atoms with Gasteiger partial charge in [0.1, 0.15) is 0 Å². The van der Waals surface area contributed by atoms with E-state index in [2.05, 4.69) is 29.2 Å². The Kier molecular flexibility index (Phi) is 4.94. The minimum Gasteiger partial charge on any atom is -0.381 e. The molecule has 0 bridgehead atoms. The van der Waals surface area contributed by atoms with E-state index in [1.165, 1.54) is 19.3 Å². The Morgan fingerprint density at radius 1 is 1.29 bits per heavy atom. The van der Waals surface area contributed by atoms with Crippen molar-refractivity contribution in [3.63, 3.8) is 0 Å². The first-order chi connectivity index (χ1) is 10.3. The van der Waals surface area contributed by atoms with Crippen LogP contribution in [0.15, 0.2) is 24.3 Å². The smallest absolute Gasteiger partial charge is 0.0599 e. The van der Waals surface area contributed by atoms with Crippen LogP contribution in [-0.2, 0) is 11.2 Å². The Bertz CT molecular complexity index is 462. The van der Waals surface area contributed by atoms with Gasteiger partial charge in [-0.25, -0.2) is 0 Å². The highest BCUT2D eigenvalue weighted by atomic mass is 16.5. The molecule has 1 heterocycles. The highest BCUT2D eigenvalue weighted by Gasteiger charge is 2.30. The minimum absolute atomic E-state index is 0.397. The first kappa shape index (κ1) is 15.0. The summed E-state index contributed by atoms with van der Waals surface area (Å²) in [5.74, 6) is 0.683. The first-order valence-corrected chi connectivity index (χ1v) is 8.36. The zero-order valence-corrected chi connectivity index (χ0v) is 13.1. The fourth-order valence-electron chi connectivity index (χ4n) is 4.09. The predicted molar refractivity (Wildman–Crippen MR) is 86.6 cm³/mol. The molecule has 0 radical (unpaired) electrons. The van der Waals surface area contributed by atoms with Crippen LogP contribution in [0.25, 0.3) is 0 Å². The molecule has 21 heavy (non-hydrogen) atoms. The summed E-state index contributed by atoms with van der Waals surface area (Å²) in [5, 5.41) is 0. The summed E-state index contributed by atoms with van der Waals surface area (Å²) in [7, 11) is 1.82. The molecule has 3 atom stereocenters. The molecule has 3 nitrogen and oxygen atoms in total. The summed E-state index contributed by atoms with van der Waals surface area (Å²) >= 11 is 0. The molecule has 3 unspecified atom stereocenters. The van der Waals surface area contributed by atoms with Crippen LogP contribution in [0.4, 0.5) is 0 Å². The predicted octanol–water partition coefficient (Wildman–Crippen LogP) is 2.54. The fourth-order valence-corrected chi connectivity index (χ4v) is 4.09. The van der Waals surface area contributed by atoms with Crippen LogP contribution in [0.3, 0.4) is 0 Å². The number of rotatable bonds is 4. The van der Waals surface area contributed by atoms with Crippen molar-refractivity contribution in [2.24, 2.45) is 5.73 Å². The lowest BCUT2D eigenvalue weighted by atomic mass is 9.82. The van der Waals surface area contributed by atoms with Gasteiger partial charge in [-0.2, -0.15) is 0 Å². The Balaban J connectivity index is 1.69. The molecule has 0 aromatic heterocycles. The van der Waals surface area contributed by atoms with Crippen LogP contribution in [0.5, 0.6) is 0 Å². The molecule has 0 saturated carbocycles. The van der Waals surface area contributed by atoms with Gasteiger partial charge in [-0.3, -0.25) is 4.90 Å². The van der Waals surface area contributed by atoms with E-state index >= 15 is 0 Å². The number of nitrogens with zero attached hydrogens (tertiary/aromatic N) is 1. The first-order valence-electron chi connectivity index (χ1n) is 8.36. The third-order valence-electron chi connectivity index (χ3n) is 5.34. The monoisotopic (exact) mass is 288 g/mol. The SMILES string of the molecule is COC1CCN(CC2CCCc3ccccc32)C(CN)C1. The summed E-state index contributed by atoms with van der Waals surface area (Å²) in [6, 6.07) is 9.48. The molecule has 2 N–H and O–H groups in total. The third-order valence-corrected chi connectivity index (χ3v) is 5.34.